The van der Waals surface area contributed by atoms with Gasteiger partial charge in [0.05, 0.1) is 11.4 Å². The van der Waals surface area contributed by atoms with Crippen molar-refractivity contribution in [2.75, 3.05) is 33.4 Å². The summed E-state index contributed by atoms with van der Waals surface area (Å²) in [5.41, 5.74) is 1.76. The lowest BCUT2D eigenvalue weighted by molar-refractivity contribution is 0.0948. The van der Waals surface area contributed by atoms with Crippen LogP contribution in [0.15, 0.2) is 18.2 Å². The van der Waals surface area contributed by atoms with Gasteiger partial charge in [-0.05, 0) is 26.1 Å². The quantitative estimate of drug-likeness (QED) is 0.770. The molecule has 0 radical (unpaired) electrons. The number of rotatable bonds is 5. The Labute approximate surface area is 145 Å². The molecule has 1 aliphatic heterocycles. The molecule has 130 valence electrons. The molecule has 1 amide bonds. The summed E-state index contributed by atoms with van der Waals surface area (Å²) in [5.74, 6) is 1.15. The maximum absolute atomic E-state index is 12.1. The van der Waals surface area contributed by atoms with Crippen molar-refractivity contribution in [3.8, 4) is 17.2 Å². The predicted octanol–water partition coefficient (Wildman–Crippen LogP) is 0.718. The van der Waals surface area contributed by atoms with E-state index in [1.807, 2.05) is 32.2 Å². The van der Waals surface area contributed by atoms with E-state index >= 15 is 0 Å². The number of halogens is 1. The minimum Gasteiger partial charge on any atom is -0.486 e. The maximum Gasteiger partial charge on any atom is 0.273 e. The van der Waals surface area contributed by atoms with Crippen LogP contribution in [0.1, 0.15) is 16.2 Å². The first kappa shape index (κ1) is 18.0. The van der Waals surface area contributed by atoms with Crippen LogP contribution >= 0.6 is 12.4 Å². The molecule has 0 bridgehead atoms. The van der Waals surface area contributed by atoms with E-state index in [-0.39, 0.29) is 18.3 Å². The highest BCUT2D eigenvalue weighted by Gasteiger charge is 2.19. The number of carbonyl (C=O) groups excluding carboxylic acids is 1. The molecule has 0 saturated heterocycles. The third-order valence-electron chi connectivity index (χ3n) is 3.54. The van der Waals surface area contributed by atoms with E-state index in [1.165, 1.54) is 0 Å². The van der Waals surface area contributed by atoms with Gasteiger partial charge in [0.1, 0.15) is 13.2 Å². The van der Waals surface area contributed by atoms with Gasteiger partial charge in [0, 0.05) is 19.2 Å². The van der Waals surface area contributed by atoms with Gasteiger partial charge in [0.2, 0.25) is 0 Å². The molecule has 9 heteroatoms. The van der Waals surface area contributed by atoms with Crippen molar-refractivity contribution < 1.29 is 14.3 Å². The molecule has 0 fully saturated rings. The molecule has 0 aliphatic carbocycles. The third-order valence-corrected chi connectivity index (χ3v) is 3.54. The molecule has 2 heterocycles. The Bertz CT molecular complexity index is 719. The number of likely N-dealkylation sites (N-methyl/N-ethyl adjacent to an activating group) is 1. The highest BCUT2D eigenvalue weighted by molar-refractivity contribution is 5.93. The molecule has 3 rings (SSSR count). The van der Waals surface area contributed by atoms with Gasteiger partial charge >= 0.3 is 0 Å². The van der Waals surface area contributed by atoms with Gasteiger partial charge in [-0.3, -0.25) is 4.79 Å². The van der Waals surface area contributed by atoms with Crippen molar-refractivity contribution in [2.45, 2.75) is 6.92 Å². The molecule has 0 unspecified atom stereocenters. The van der Waals surface area contributed by atoms with Crippen molar-refractivity contribution in [2.24, 2.45) is 0 Å². The van der Waals surface area contributed by atoms with E-state index < -0.39 is 0 Å². The van der Waals surface area contributed by atoms with Gasteiger partial charge in [0.25, 0.3) is 5.91 Å². The van der Waals surface area contributed by atoms with E-state index in [4.69, 9.17) is 9.47 Å². The molecule has 0 spiro atoms. The van der Waals surface area contributed by atoms with Gasteiger partial charge < -0.3 is 20.1 Å². The molecule has 0 saturated carbocycles. The van der Waals surface area contributed by atoms with Crippen molar-refractivity contribution in [3.63, 3.8) is 0 Å². The largest absolute Gasteiger partial charge is 0.486 e. The summed E-state index contributed by atoms with van der Waals surface area (Å²) in [5, 5.41) is 13.8. The zero-order chi connectivity index (χ0) is 16.2. The SMILES string of the molecule is CNCCNC(=O)c1nnn(-c2ccc3c(c2)OCCO3)c1C.Cl. The number of nitrogens with zero attached hydrogens (tertiary/aromatic N) is 3. The van der Waals surface area contributed by atoms with Crippen molar-refractivity contribution in [1.29, 1.82) is 0 Å². The fraction of sp³-hybridized carbons (Fsp3) is 0.400. The van der Waals surface area contributed by atoms with Gasteiger partial charge in [-0.1, -0.05) is 5.21 Å². The minimum absolute atomic E-state index is 0. The lowest BCUT2D eigenvalue weighted by atomic mass is 10.2. The molecule has 2 N–H and O–H groups in total. The van der Waals surface area contributed by atoms with Crippen LogP contribution in [0.3, 0.4) is 0 Å². The van der Waals surface area contributed by atoms with Crippen molar-refractivity contribution in [1.82, 2.24) is 25.6 Å². The summed E-state index contributed by atoms with van der Waals surface area (Å²) < 4.78 is 12.7. The van der Waals surface area contributed by atoms with Crippen LogP contribution in [-0.4, -0.2) is 54.3 Å². The number of aromatic nitrogens is 3. The number of ether oxygens (including phenoxy) is 2. The zero-order valence-electron chi connectivity index (χ0n) is 13.5. The second-order valence-corrected chi connectivity index (χ2v) is 5.12. The van der Waals surface area contributed by atoms with Gasteiger partial charge in [-0.15, -0.1) is 17.5 Å². The lowest BCUT2D eigenvalue weighted by Crippen LogP contribution is -2.31. The minimum atomic E-state index is -0.235. The van der Waals surface area contributed by atoms with Gasteiger partial charge in [-0.2, -0.15) is 0 Å². The Morgan fingerprint density at radius 1 is 1.25 bits per heavy atom. The fourth-order valence-corrected chi connectivity index (χ4v) is 2.33. The van der Waals surface area contributed by atoms with Crippen LogP contribution < -0.4 is 20.1 Å². The Balaban J connectivity index is 0.00000208. The molecular weight excluding hydrogens is 334 g/mol. The Kier molecular flexibility index (Phi) is 5.99. The Morgan fingerprint density at radius 3 is 2.75 bits per heavy atom. The molecule has 1 aliphatic rings. The lowest BCUT2D eigenvalue weighted by Gasteiger charge is -2.18. The van der Waals surface area contributed by atoms with Crippen LogP contribution in [-0.2, 0) is 0 Å². The molecule has 24 heavy (non-hydrogen) atoms. The number of amides is 1. The zero-order valence-corrected chi connectivity index (χ0v) is 14.4. The summed E-state index contributed by atoms with van der Waals surface area (Å²) in [6.07, 6.45) is 0. The molecule has 2 aromatic rings. The molecular formula is C15H20ClN5O3. The monoisotopic (exact) mass is 353 g/mol. The van der Waals surface area contributed by atoms with E-state index in [9.17, 15) is 4.79 Å². The average Bonchev–Trinajstić information content (AvgIpc) is 2.96. The van der Waals surface area contributed by atoms with Crippen LogP contribution in [0.25, 0.3) is 5.69 Å². The second kappa shape index (κ2) is 7.98. The van der Waals surface area contributed by atoms with Gasteiger partial charge in [0.15, 0.2) is 17.2 Å². The van der Waals surface area contributed by atoms with Crippen LogP contribution in [0.5, 0.6) is 11.5 Å². The van der Waals surface area contributed by atoms with Crippen LogP contribution in [0, 0.1) is 6.92 Å². The summed E-state index contributed by atoms with van der Waals surface area (Å²) in [6.45, 7) is 4.11. The number of nitrogens with one attached hydrogen (secondary N) is 2. The highest BCUT2D eigenvalue weighted by Crippen LogP contribution is 2.32. The first-order valence-electron chi connectivity index (χ1n) is 7.46. The van der Waals surface area contributed by atoms with E-state index in [0.717, 1.165) is 5.69 Å². The average molecular weight is 354 g/mol. The Morgan fingerprint density at radius 2 is 2.00 bits per heavy atom. The number of benzene rings is 1. The van der Waals surface area contributed by atoms with E-state index in [1.54, 1.807) is 4.68 Å². The summed E-state index contributed by atoms with van der Waals surface area (Å²) >= 11 is 0. The standard InChI is InChI=1S/C15H19N5O3.ClH/c1-10-14(15(21)17-6-5-16-2)18-19-20(10)11-3-4-12-13(9-11)23-8-7-22-12;/h3-4,9,16H,5-8H2,1-2H3,(H,17,21);1H. The first-order valence-corrected chi connectivity index (χ1v) is 7.46. The summed E-state index contributed by atoms with van der Waals surface area (Å²) in [7, 11) is 1.83. The van der Waals surface area contributed by atoms with E-state index in [0.29, 0.717) is 49.2 Å². The third kappa shape index (κ3) is 3.60. The Hall–Kier alpha value is -2.32. The number of hydrogen-bond acceptors (Lipinski definition) is 6. The topological polar surface area (TPSA) is 90.3 Å². The number of carbonyl (C=O) groups is 1. The molecule has 1 aromatic heterocycles. The fourth-order valence-electron chi connectivity index (χ4n) is 2.33. The maximum atomic E-state index is 12.1. The second-order valence-electron chi connectivity index (χ2n) is 5.12. The normalized spacial score (nSPS) is 12.4. The molecule has 1 aromatic carbocycles. The van der Waals surface area contributed by atoms with Crippen molar-refractivity contribution >= 4 is 18.3 Å². The predicted molar refractivity (Wildman–Crippen MR) is 90.6 cm³/mol. The number of fused-ring (bicyclic) bond motifs is 1. The number of hydrogen-bond donors (Lipinski definition) is 2. The van der Waals surface area contributed by atoms with Crippen LogP contribution in [0.4, 0.5) is 0 Å². The summed E-state index contributed by atoms with van der Waals surface area (Å²) in [4.78, 5) is 12.1. The molecule has 8 nitrogen and oxygen atoms in total. The van der Waals surface area contributed by atoms with Gasteiger partial charge in [-0.25, -0.2) is 4.68 Å². The van der Waals surface area contributed by atoms with Crippen molar-refractivity contribution in [3.05, 3.63) is 29.6 Å². The first-order chi connectivity index (χ1) is 11.2. The summed E-state index contributed by atoms with van der Waals surface area (Å²) in [6, 6.07) is 5.52. The van der Waals surface area contributed by atoms with E-state index in [2.05, 4.69) is 20.9 Å². The van der Waals surface area contributed by atoms with Crippen LogP contribution in [0.2, 0.25) is 0 Å². The smallest absolute Gasteiger partial charge is 0.273 e. The molecule has 0 atom stereocenters. The highest BCUT2D eigenvalue weighted by atomic mass is 35.5.